The third-order valence-electron chi connectivity index (χ3n) is 5.04. The lowest BCUT2D eigenvalue weighted by molar-refractivity contribution is 0.644. The Kier molecular flexibility index (Phi) is 5.45. The van der Waals surface area contributed by atoms with Gasteiger partial charge in [-0.25, -0.2) is 15.0 Å². The zero-order valence-electron chi connectivity index (χ0n) is 16.7. The molecule has 6 N–H and O–H groups in total. The second-order valence-electron chi connectivity index (χ2n) is 7.15. The van der Waals surface area contributed by atoms with Gasteiger partial charge < -0.3 is 17.2 Å². The molecule has 1 aromatic carbocycles. The summed E-state index contributed by atoms with van der Waals surface area (Å²) in [6.07, 6.45) is 0. The molecule has 3 heterocycles. The highest BCUT2D eigenvalue weighted by atomic mass is 14.9. The number of nitrogens with zero attached hydrogens (tertiary/aromatic N) is 4. The lowest BCUT2D eigenvalue weighted by atomic mass is 9.78. The molecule has 1 unspecified atom stereocenters. The summed E-state index contributed by atoms with van der Waals surface area (Å²) in [6, 6.07) is 26.1. The quantitative estimate of drug-likeness (QED) is 0.460. The number of aromatic nitrogens is 3. The number of anilines is 3. The maximum absolute atomic E-state index is 9.46. The van der Waals surface area contributed by atoms with Gasteiger partial charge in [-0.1, -0.05) is 30.3 Å². The molecular weight excluding hydrogens is 386 g/mol. The Bertz CT molecular complexity index is 1220. The number of hydrogen-bond donors (Lipinski definition) is 3. The molecule has 7 heteroatoms. The van der Waals surface area contributed by atoms with Crippen molar-refractivity contribution in [2.75, 3.05) is 17.2 Å². The summed E-state index contributed by atoms with van der Waals surface area (Å²) in [5.41, 5.74) is 21.7. The molecule has 152 valence electrons. The first-order valence-corrected chi connectivity index (χ1v) is 9.72. The fourth-order valence-corrected chi connectivity index (χ4v) is 3.75. The normalized spacial score (nSPS) is 11.7. The van der Waals surface area contributed by atoms with Crippen molar-refractivity contribution < 1.29 is 0 Å². The van der Waals surface area contributed by atoms with Crippen molar-refractivity contribution in [3.05, 3.63) is 107 Å². The van der Waals surface area contributed by atoms with Gasteiger partial charge in [0.15, 0.2) is 0 Å². The summed E-state index contributed by atoms with van der Waals surface area (Å²) in [5, 5.41) is 9.46. The number of benzene rings is 1. The summed E-state index contributed by atoms with van der Waals surface area (Å²) in [5.74, 6) is 0.502. The van der Waals surface area contributed by atoms with Crippen LogP contribution < -0.4 is 17.2 Å². The van der Waals surface area contributed by atoms with Crippen molar-refractivity contribution >= 4 is 17.5 Å². The molecule has 0 aliphatic heterocycles. The van der Waals surface area contributed by atoms with Crippen molar-refractivity contribution in [1.29, 1.82) is 5.26 Å². The highest BCUT2D eigenvalue weighted by Crippen LogP contribution is 2.41. The van der Waals surface area contributed by atoms with Gasteiger partial charge in [0.1, 0.15) is 17.5 Å². The van der Waals surface area contributed by atoms with Crippen LogP contribution in [0.1, 0.15) is 40.0 Å². The van der Waals surface area contributed by atoms with Gasteiger partial charge in [-0.3, -0.25) is 0 Å². The molecule has 1 atom stereocenters. The number of hydrogen-bond acceptors (Lipinski definition) is 7. The molecule has 0 spiro atoms. The molecule has 4 aromatic rings. The van der Waals surface area contributed by atoms with Gasteiger partial charge >= 0.3 is 0 Å². The molecule has 0 amide bonds. The topological polar surface area (TPSA) is 141 Å². The standard InChI is InChI=1S/C24H21N7/c25-14-15-5-1-6-16(13-15)23(17-7-2-10-20(26)29-17)24(18-8-3-11-21(27)30-18)19-9-4-12-22(28)31-19/h1-13,23-24H,(H2,26,29)(H2,27,30)(H2,28,31). The fraction of sp³-hybridized carbons (Fsp3) is 0.0833. The minimum atomic E-state index is -0.366. The third kappa shape index (κ3) is 4.28. The summed E-state index contributed by atoms with van der Waals surface area (Å²) < 4.78 is 0. The smallest absolute Gasteiger partial charge is 0.123 e. The lowest BCUT2D eigenvalue weighted by Gasteiger charge is -2.27. The second kappa shape index (κ2) is 8.51. The molecule has 3 aromatic heterocycles. The molecule has 0 saturated carbocycles. The number of nitrogen functional groups attached to an aromatic ring is 3. The Labute approximate surface area is 180 Å². The van der Waals surface area contributed by atoms with Crippen molar-refractivity contribution in [3.8, 4) is 6.07 Å². The van der Waals surface area contributed by atoms with Crippen LogP contribution in [0, 0.1) is 11.3 Å². The van der Waals surface area contributed by atoms with Gasteiger partial charge in [0.25, 0.3) is 0 Å². The zero-order chi connectivity index (χ0) is 21.8. The van der Waals surface area contributed by atoms with E-state index in [9.17, 15) is 5.26 Å². The van der Waals surface area contributed by atoms with Gasteiger partial charge in [-0.05, 0) is 54.1 Å². The summed E-state index contributed by atoms with van der Waals surface area (Å²) in [4.78, 5) is 13.8. The average Bonchev–Trinajstić information content (AvgIpc) is 2.77. The predicted molar refractivity (Wildman–Crippen MR) is 121 cm³/mol. The number of rotatable bonds is 5. The van der Waals surface area contributed by atoms with Crippen molar-refractivity contribution in [2.24, 2.45) is 0 Å². The fourth-order valence-electron chi connectivity index (χ4n) is 3.75. The van der Waals surface area contributed by atoms with Crippen LogP contribution in [0.3, 0.4) is 0 Å². The van der Waals surface area contributed by atoms with E-state index in [0.717, 1.165) is 22.6 Å². The van der Waals surface area contributed by atoms with E-state index in [4.69, 9.17) is 17.2 Å². The monoisotopic (exact) mass is 407 g/mol. The van der Waals surface area contributed by atoms with E-state index in [2.05, 4.69) is 21.0 Å². The molecule has 4 rings (SSSR count). The Morgan fingerprint density at radius 2 is 1.06 bits per heavy atom. The first-order chi connectivity index (χ1) is 15.0. The Morgan fingerprint density at radius 1 is 0.613 bits per heavy atom. The largest absolute Gasteiger partial charge is 0.384 e. The van der Waals surface area contributed by atoms with Crippen molar-refractivity contribution in [1.82, 2.24) is 15.0 Å². The molecule has 0 radical (unpaired) electrons. The SMILES string of the molecule is N#Cc1cccc(C(c2cccc(N)n2)C(c2cccc(N)n2)c2cccc(N)n2)c1. The van der Waals surface area contributed by atoms with Gasteiger partial charge in [-0.2, -0.15) is 5.26 Å². The minimum absolute atomic E-state index is 0.333. The van der Waals surface area contributed by atoms with Crippen LogP contribution in [-0.2, 0) is 0 Å². The zero-order valence-corrected chi connectivity index (χ0v) is 16.7. The van der Waals surface area contributed by atoms with Crippen molar-refractivity contribution in [2.45, 2.75) is 11.8 Å². The third-order valence-corrected chi connectivity index (χ3v) is 5.04. The Morgan fingerprint density at radius 3 is 1.52 bits per heavy atom. The molecule has 0 saturated heterocycles. The van der Waals surface area contributed by atoms with Gasteiger partial charge in [0.2, 0.25) is 0 Å². The average molecular weight is 407 g/mol. The van der Waals surface area contributed by atoms with Crippen LogP contribution in [0.5, 0.6) is 0 Å². The van der Waals surface area contributed by atoms with Crippen molar-refractivity contribution in [3.63, 3.8) is 0 Å². The summed E-state index contributed by atoms with van der Waals surface area (Å²) in [6.45, 7) is 0. The van der Waals surface area contributed by atoms with E-state index < -0.39 is 0 Å². The maximum Gasteiger partial charge on any atom is 0.123 e. The van der Waals surface area contributed by atoms with Crippen LogP contribution >= 0.6 is 0 Å². The maximum atomic E-state index is 9.46. The molecule has 0 bridgehead atoms. The molecule has 31 heavy (non-hydrogen) atoms. The number of pyridine rings is 3. The number of nitriles is 1. The van der Waals surface area contributed by atoms with Gasteiger partial charge in [0.05, 0.1) is 34.6 Å². The van der Waals surface area contributed by atoms with E-state index >= 15 is 0 Å². The lowest BCUT2D eigenvalue weighted by Crippen LogP contribution is -2.19. The molecule has 0 aliphatic rings. The van der Waals surface area contributed by atoms with Crippen LogP contribution in [-0.4, -0.2) is 15.0 Å². The predicted octanol–water partition coefficient (Wildman–Crippen LogP) is 3.45. The Balaban J connectivity index is 2.00. The van der Waals surface area contributed by atoms with E-state index in [1.165, 1.54) is 0 Å². The first kappa shape index (κ1) is 19.9. The van der Waals surface area contributed by atoms with Crippen LogP contribution in [0.4, 0.5) is 17.5 Å². The van der Waals surface area contributed by atoms with E-state index in [1.54, 1.807) is 24.3 Å². The van der Waals surface area contributed by atoms with Gasteiger partial charge in [0, 0.05) is 5.92 Å². The van der Waals surface area contributed by atoms with Crippen LogP contribution in [0.2, 0.25) is 0 Å². The number of nitrogens with two attached hydrogens (primary N) is 3. The molecule has 7 nitrogen and oxygen atoms in total. The minimum Gasteiger partial charge on any atom is -0.384 e. The first-order valence-electron chi connectivity index (χ1n) is 9.72. The van der Waals surface area contributed by atoms with E-state index in [0.29, 0.717) is 23.0 Å². The van der Waals surface area contributed by atoms with E-state index in [1.807, 2.05) is 54.6 Å². The molecular formula is C24H21N7. The Hall–Kier alpha value is -4.44. The highest BCUT2D eigenvalue weighted by molar-refractivity contribution is 5.46. The second-order valence-corrected chi connectivity index (χ2v) is 7.15. The summed E-state index contributed by atoms with van der Waals surface area (Å²) in [7, 11) is 0. The summed E-state index contributed by atoms with van der Waals surface area (Å²) >= 11 is 0. The van der Waals surface area contributed by atoms with Crippen LogP contribution in [0.15, 0.2) is 78.9 Å². The molecule has 0 fully saturated rings. The molecule has 0 aliphatic carbocycles. The van der Waals surface area contributed by atoms with Gasteiger partial charge in [-0.15, -0.1) is 0 Å². The highest BCUT2D eigenvalue weighted by Gasteiger charge is 2.32. The van der Waals surface area contributed by atoms with E-state index in [-0.39, 0.29) is 11.8 Å². The van der Waals surface area contributed by atoms with Crippen LogP contribution in [0.25, 0.3) is 0 Å².